The number of amides is 2. The first-order valence-corrected chi connectivity index (χ1v) is 11.3. The second-order valence-corrected chi connectivity index (χ2v) is 8.36. The van der Waals surface area contributed by atoms with Crippen LogP contribution >= 0.6 is 12.8 Å². The van der Waals surface area contributed by atoms with Gasteiger partial charge in [-0.05, 0) is 29.2 Å². The highest BCUT2D eigenvalue weighted by atomic mass is 32.1. The monoisotopic (exact) mass is 447 g/mol. The molecular formula is C26H29N3O2S. The molecule has 3 aromatic rings. The molecule has 0 saturated heterocycles. The molecule has 0 saturated carbocycles. The molecule has 0 spiro atoms. The number of fused-ring (bicyclic) bond motifs is 1. The first kappa shape index (κ1) is 22.2. The second kappa shape index (κ2) is 10.6. The molecule has 2 amide bonds. The highest BCUT2D eigenvalue weighted by Crippen LogP contribution is 2.30. The van der Waals surface area contributed by atoms with Gasteiger partial charge in [0.25, 0.3) is 0 Å². The van der Waals surface area contributed by atoms with Gasteiger partial charge >= 0.3 is 6.03 Å². The van der Waals surface area contributed by atoms with E-state index in [9.17, 15) is 4.79 Å². The van der Waals surface area contributed by atoms with Crippen LogP contribution < -0.4 is 10.1 Å². The molecule has 0 aliphatic carbocycles. The second-order valence-electron chi connectivity index (χ2n) is 7.92. The highest BCUT2D eigenvalue weighted by molar-refractivity contribution is 7.78. The fraction of sp³-hybridized carbons (Fsp3) is 0.269. The van der Waals surface area contributed by atoms with Crippen molar-refractivity contribution >= 4 is 18.8 Å². The van der Waals surface area contributed by atoms with Gasteiger partial charge in [-0.15, -0.1) is 0 Å². The van der Waals surface area contributed by atoms with E-state index >= 15 is 0 Å². The molecule has 1 heterocycles. The topological polar surface area (TPSA) is 44.8 Å². The Morgan fingerprint density at radius 2 is 1.69 bits per heavy atom. The number of thiol groups is 1. The van der Waals surface area contributed by atoms with Gasteiger partial charge in [0.15, 0.2) is 0 Å². The Morgan fingerprint density at radius 1 is 1.03 bits per heavy atom. The summed E-state index contributed by atoms with van der Waals surface area (Å²) >= 11 is 4.60. The van der Waals surface area contributed by atoms with Crippen molar-refractivity contribution in [3.8, 4) is 5.75 Å². The van der Waals surface area contributed by atoms with Gasteiger partial charge in [-0.1, -0.05) is 85.6 Å². The first-order valence-electron chi connectivity index (χ1n) is 10.9. The van der Waals surface area contributed by atoms with Gasteiger partial charge in [-0.3, -0.25) is 9.21 Å². The summed E-state index contributed by atoms with van der Waals surface area (Å²) < 4.78 is 7.02. The Balaban J connectivity index is 1.38. The number of ether oxygens (including phenoxy) is 1. The van der Waals surface area contributed by atoms with E-state index in [2.05, 4.69) is 29.1 Å². The van der Waals surface area contributed by atoms with E-state index in [1.807, 2.05) is 72.8 Å². The van der Waals surface area contributed by atoms with Gasteiger partial charge in [-0.25, -0.2) is 4.79 Å². The van der Waals surface area contributed by atoms with Gasteiger partial charge < -0.3 is 10.1 Å². The van der Waals surface area contributed by atoms with Crippen molar-refractivity contribution < 1.29 is 9.53 Å². The van der Waals surface area contributed by atoms with Crippen molar-refractivity contribution in [3.63, 3.8) is 0 Å². The van der Waals surface area contributed by atoms with Crippen molar-refractivity contribution in [1.82, 2.24) is 14.5 Å². The molecule has 0 aromatic heterocycles. The molecular weight excluding hydrogens is 418 g/mol. The maximum absolute atomic E-state index is 13.0. The Morgan fingerprint density at radius 3 is 2.31 bits per heavy atom. The normalized spacial score (nSPS) is 13.5. The smallest absolute Gasteiger partial charge is 0.328 e. The number of nitrogens with zero attached hydrogens (tertiary/aromatic N) is 2. The number of carbonyl (C=O) groups is 1. The molecule has 5 nitrogen and oxygen atoms in total. The number of methoxy groups -OCH3 is 1. The van der Waals surface area contributed by atoms with Crippen LogP contribution in [0.1, 0.15) is 28.3 Å². The minimum absolute atomic E-state index is 0.207. The molecule has 32 heavy (non-hydrogen) atoms. The van der Waals surface area contributed by atoms with Crippen LogP contribution in [0.4, 0.5) is 4.79 Å². The summed E-state index contributed by atoms with van der Waals surface area (Å²) in [4.78, 5) is 15.3. The lowest BCUT2D eigenvalue weighted by Crippen LogP contribution is -2.42. The maximum atomic E-state index is 13.0. The lowest BCUT2D eigenvalue weighted by molar-refractivity contribution is 0.213. The van der Waals surface area contributed by atoms with Gasteiger partial charge in [0.2, 0.25) is 0 Å². The lowest BCUT2D eigenvalue weighted by Gasteiger charge is -2.31. The van der Waals surface area contributed by atoms with E-state index in [0.29, 0.717) is 6.54 Å². The van der Waals surface area contributed by atoms with Crippen LogP contribution in [0, 0.1) is 0 Å². The van der Waals surface area contributed by atoms with Crippen molar-refractivity contribution in [1.29, 1.82) is 0 Å². The molecule has 0 bridgehead atoms. The quantitative estimate of drug-likeness (QED) is 0.516. The van der Waals surface area contributed by atoms with Crippen LogP contribution in [0.3, 0.4) is 0 Å². The minimum atomic E-state index is -0.271. The zero-order valence-electron chi connectivity index (χ0n) is 18.3. The highest BCUT2D eigenvalue weighted by Gasteiger charge is 2.25. The van der Waals surface area contributed by atoms with Gasteiger partial charge in [0.05, 0.1) is 13.2 Å². The van der Waals surface area contributed by atoms with Crippen molar-refractivity contribution in [2.45, 2.75) is 19.0 Å². The molecule has 1 aliphatic heterocycles. The van der Waals surface area contributed by atoms with Gasteiger partial charge in [-0.2, -0.15) is 0 Å². The molecule has 1 N–H and O–H groups in total. The third kappa shape index (κ3) is 5.09. The fourth-order valence-corrected chi connectivity index (χ4v) is 4.59. The molecule has 4 rings (SSSR count). The summed E-state index contributed by atoms with van der Waals surface area (Å²) in [5.41, 5.74) is 4.63. The molecule has 6 heteroatoms. The number of rotatable bonds is 7. The third-order valence-electron chi connectivity index (χ3n) is 5.92. The molecule has 0 atom stereocenters. The summed E-state index contributed by atoms with van der Waals surface area (Å²) in [6.45, 7) is 3.12. The van der Waals surface area contributed by atoms with Gasteiger partial charge in [0, 0.05) is 31.7 Å². The van der Waals surface area contributed by atoms with Crippen LogP contribution in [0.25, 0.3) is 0 Å². The van der Waals surface area contributed by atoms with E-state index in [4.69, 9.17) is 4.74 Å². The zero-order chi connectivity index (χ0) is 22.3. The summed E-state index contributed by atoms with van der Waals surface area (Å²) in [6.07, 6.45) is 0.989. The Labute approximate surface area is 195 Å². The largest absolute Gasteiger partial charge is 0.496 e. The van der Waals surface area contributed by atoms with E-state index in [1.54, 1.807) is 7.11 Å². The summed E-state index contributed by atoms with van der Waals surface area (Å²) in [5, 5.41) is 3.04. The Hall–Kier alpha value is -2.96. The number of benzene rings is 3. The zero-order valence-corrected chi connectivity index (χ0v) is 19.2. The van der Waals surface area contributed by atoms with Crippen molar-refractivity contribution in [2.24, 2.45) is 0 Å². The summed E-state index contributed by atoms with van der Waals surface area (Å²) in [6, 6.07) is 25.7. The van der Waals surface area contributed by atoms with Gasteiger partial charge in [0.1, 0.15) is 5.75 Å². The number of carbonyl (C=O) groups excluding carboxylic acids is 1. The lowest BCUT2D eigenvalue weighted by atomic mass is 9.99. The average Bonchev–Trinajstić information content (AvgIpc) is 2.85. The predicted molar refractivity (Wildman–Crippen MR) is 131 cm³/mol. The molecule has 166 valence electrons. The molecule has 3 aromatic carbocycles. The third-order valence-corrected chi connectivity index (χ3v) is 6.33. The molecule has 0 unspecified atom stereocenters. The number of nitrogens with one attached hydrogen (secondary N) is 1. The summed E-state index contributed by atoms with van der Waals surface area (Å²) in [5.74, 6) is 0.936. The average molecular weight is 448 g/mol. The van der Waals surface area contributed by atoms with Crippen LogP contribution in [0.15, 0.2) is 78.9 Å². The van der Waals surface area contributed by atoms with E-state index in [0.717, 1.165) is 42.9 Å². The van der Waals surface area contributed by atoms with Crippen LogP contribution in [0.5, 0.6) is 5.75 Å². The fourth-order valence-electron chi connectivity index (χ4n) is 4.25. The van der Waals surface area contributed by atoms with Crippen LogP contribution in [-0.4, -0.2) is 42.0 Å². The Bertz CT molecular complexity index is 976. The molecule has 0 radical (unpaired) electrons. The van der Waals surface area contributed by atoms with Crippen molar-refractivity contribution in [2.75, 3.05) is 26.7 Å². The standard InChI is InChI=1S/C26H29N3O2S/c1-31-24-14-8-13-20-15-17-28(19-23(20)24)18-16-27-26(30)29(32)25(21-9-4-2-5-10-21)22-11-6-3-7-12-22/h2-14,25,32H,15-19H2,1H3,(H,27,30). The van der Waals surface area contributed by atoms with Crippen LogP contribution in [-0.2, 0) is 13.0 Å². The molecule has 1 aliphatic rings. The number of hydrogen-bond donors (Lipinski definition) is 2. The van der Waals surface area contributed by atoms with E-state index in [-0.39, 0.29) is 12.1 Å². The predicted octanol–water partition coefficient (Wildman–Crippen LogP) is 4.70. The number of urea groups is 1. The number of hydrogen-bond acceptors (Lipinski definition) is 4. The van der Waals surface area contributed by atoms with E-state index < -0.39 is 0 Å². The van der Waals surface area contributed by atoms with E-state index in [1.165, 1.54) is 15.4 Å². The van der Waals surface area contributed by atoms with Crippen molar-refractivity contribution in [3.05, 3.63) is 101 Å². The maximum Gasteiger partial charge on any atom is 0.328 e. The summed E-state index contributed by atoms with van der Waals surface area (Å²) in [7, 11) is 1.71. The first-order chi connectivity index (χ1) is 15.7. The SMILES string of the molecule is COc1cccc2c1CN(CCNC(=O)N(S)C(c1ccccc1)c1ccccc1)CC2. The van der Waals surface area contributed by atoms with Crippen LogP contribution in [0.2, 0.25) is 0 Å². The Kier molecular flexibility index (Phi) is 7.35. The minimum Gasteiger partial charge on any atom is -0.496 e. The molecule has 0 fully saturated rings.